The molecule has 0 spiro atoms. The van der Waals surface area contributed by atoms with Gasteiger partial charge in [0.1, 0.15) is 0 Å². The predicted molar refractivity (Wildman–Crippen MR) is 72.7 cm³/mol. The van der Waals surface area contributed by atoms with Crippen LogP contribution >= 0.6 is 0 Å². The van der Waals surface area contributed by atoms with Gasteiger partial charge in [-0.3, -0.25) is 10.1 Å². The largest absolute Gasteiger partial charge is 0.396 e. The highest BCUT2D eigenvalue weighted by molar-refractivity contribution is 5.34. The Kier molecular flexibility index (Phi) is 5.03. The first kappa shape index (κ1) is 14.9. The van der Waals surface area contributed by atoms with Crippen molar-refractivity contribution >= 4 is 5.69 Å². The number of nitro groups is 1. The predicted octanol–water partition coefficient (Wildman–Crippen LogP) is 2.23. The van der Waals surface area contributed by atoms with Gasteiger partial charge in [-0.15, -0.1) is 0 Å². The Hall–Kier alpha value is -1.53. The van der Waals surface area contributed by atoms with Crippen LogP contribution in [0.2, 0.25) is 0 Å². The highest BCUT2D eigenvalue weighted by Gasteiger charge is 2.25. The Morgan fingerprint density at radius 2 is 2.15 bits per heavy atom. The SMILES string of the molecule is O=[N+]([O-])c1ccc(CNCC2CCCC2CO)cc1F. The molecule has 2 unspecified atom stereocenters. The summed E-state index contributed by atoms with van der Waals surface area (Å²) in [5, 5.41) is 23.0. The lowest BCUT2D eigenvalue weighted by atomic mass is 9.97. The Labute approximate surface area is 117 Å². The minimum absolute atomic E-state index is 0.221. The molecule has 1 fully saturated rings. The van der Waals surface area contributed by atoms with Crippen molar-refractivity contribution in [3.63, 3.8) is 0 Å². The molecule has 0 radical (unpaired) electrons. The summed E-state index contributed by atoms with van der Waals surface area (Å²) in [4.78, 5) is 9.79. The first-order valence-electron chi connectivity index (χ1n) is 6.86. The molecule has 2 N–H and O–H groups in total. The van der Waals surface area contributed by atoms with Crippen LogP contribution < -0.4 is 5.32 Å². The van der Waals surface area contributed by atoms with Crippen LogP contribution in [0.4, 0.5) is 10.1 Å². The Morgan fingerprint density at radius 1 is 1.40 bits per heavy atom. The number of nitrogens with one attached hydrogen (secondary N) is 1. The van der Waals surface area contributed by atoms with E-state index in [0.717, 1.165) is 25.8 Å². The molecular weight excluding hydrogens is 263 g/mol. The zero-order valence-electron chi connectivity index (χ0n) is 11.2. The highest BCUT2D eigenvalue weighted by atomic mass is 19.1. The minimum atomic E-state index is -0.802. The lowest BCUT2D eigenvalue weighted by Gasteiger charge is -2.17. The smallest absolute Gasteiger partial charge is 0.304 e. The van der Waals surface area contributed by atoms with Gasteiger partial charge in [-0.2, -0.15) is 4.39 Å². The zero-order chi connectivity index (χ0) is 14.5. The molecule has 1 aromatic carbocycles. The van der Waals surface area contributed by atoms with Crippen LogP contribution in [-0.4, -0.2) is 23.2 Å². The summed E-state index contributed by atoms with van der Waals surface area (Å²) in [5.41, 5.74) is 0.191. The second-order valence-corrected chi connectivity index (χ2v) is 5.31. The topological polar surface area (TPSA) is 75.4 Å². The molecule has 6 heteroatoms. The minimum Gasteiger partial charge on any atom is -0.396 e. The molecule has 5 nitrogen and oxygen atoms in total. The molecule has 0 bridgehead atoms. The average molecular weight is 282 g/mol. The summed E-state index contributed by atoms with van der Waals surface area (Å²) in [5.74, 6) is 0.0161. The molecule has 0 aliphatic heterocycles. The van der Waals surface area contributed by atoms with Crippen molar-refractivity contribution in [2.45, 2.75) is 25.8 Å². The summed E-state index contributed by atoms with van der Waals surface area (Å²) in [6, 6.07) is 3.95. The van der Waals surface area contributed by atoms with E-state index < -0.39 is 16.4 Å². The lowest BCUT2D eigenvalue weighted by Crippen LogP contribution is -2.26. The van der Waals surface area contributed by atoms with Gasteiger partial charge in [-0.25, -0.2) is 0 Å². The third-order valence-corrected chi connectivity index (χ3v) is 4.00. The third-order valence-electron chi connectivity index (χ3n) is 4.00. The van der Waals surface area contributed by atoms with E-state index in [0.29, 0.717) is 23.9 Å². The van der Waals surface area contributed by atoms with Gasteiger partial charge >= 0.3 is 5.69 Å². The van der Waals surface area contributed by atoms with Gasteiger partial charge in [-0.1, -0.05) is 12.5 Å². The van der Waals surface area contributed by atoms with E-state index in [1.165, 1.54) is 12.1 Å². The number of benzene rings is 1. The number of nitrogens with zero attached hydrogens (tertiary/aromatic N) is 1. The van der Waals surface area contributed by atoms with Crippen molar-refractivity contribution in [1.29, 1.82) is 0 Å². The maximum atomic E-state index is 13.4. The quantitative estimate of drug-likeness (QED) is 0.619. The lowest BCUT2D eigenvalue weighted by molar-refractivity contribution is -0.387. The number of aliphatic hydroxyl groups excluding tert-OH is 1. The molecule has 0 heterocycles. The molecular formula is C14H19FN2O3. The molecule has 1 aromatic rings. The normalized spacial score (nSPS) is 22.1. The first-order chi connectivity index (χ1) is 9.61. The van der Waals surface area contributed by atoms with Crippen LogP contribution in [0.5, 0.6) is 0 Å². The van der Waals surface area contributed by atoms with Gasteiger partial charge in [0.15, 0.2) is 0 Å². The fourth-order valence-corrected chi connectivity index (χ4v) is 2.83. The Morgan fingerprint density at radius 3 is 2.80 bits per heavy atom. The number of nitro benzene ring substituents is 1. The zero-order valence-corrected chi connectivity index (χ0v) is 11.2. The van der Waals surface area contributed by atoms with Crippen molar-refractivity contribution in [2.75, 3.05) is 13.2 Å². The summed E-state index contributed by atoms with van der Waals surface area (Å²) >= 11 is 0. The fraction of sp³-hybridized carbons (Fsp3) is 0.571. The van der Waals surface area contributed by atoms with Crippen molar-refractivity contribution < 1.29 is 14.4 Å². The molecule has 110 valence electrons. The van der Waals surface area contributed by atoms with Crippen LogP contribution in [0.15, 0.2) is 18.2 Å². The summed E-state index contributed by atoms with van der Waals surface area (Å²) in [6.07, 6.45) is 3.31. The average Bonchev–Trinajstić information content (AvgIpc) is 2.86. The Balaban J connectivity index is 1.85. The number of hydrogen-bond donors (Lipinski definition) is 2. The van der Waals surface area contributed by atoms with E-state index in [2.05, 4.69) is 5.32 Å². The molecule has 2 atom stereocenters. The fourth-order valence-electron chi connectivity index (χ4n) is 2.83. The van der Waals surface area contributed by atoms with Gasteiger partial charge in [0.2, 0.25) is 5.82 Å². The second kappa shape index (κ2) is 6.76. The van der Waals surface area contributed by atoms with E-state index in [9.17, 15) is 19.6 Å². The van der Waals surface area contributed by atoms with Crippen molar-refractivity contribution in [2.24, 2.45) is 11.8 Å². The first-order valence-corrected chi connectivity index (χ1v) is 6.86. The van der Waals surface area contributed by atoms with Crippen LogP contribution in [0, 0.1) is 27.8 Å². The van der Waals surface area contributed by atoms with Crippen molar-refractivity contribution in [1.82, 2.24) is 5.32 Å². The number of rotatable bonds is 6. The molecule has 1 aliphatic rings. The maximum absolute atomic E-state index is 13.4. The second-order valence-electron chi connectivity index (χ2n) is 5.31. The molecule has 1 aliphatic carbocycles. The number of hydrogen-bond acceptors (Lipinski definition) is 4. The van der Waals surface area contributed by atoms with Crippen LogP contribution in [0.3, 0.4) is 0 Å². The molecule has 1 saturated carbocycles. The molecule has 0 aromatic heterocycles. The third kappa shape index (κ3) is 3.52. The molecule has 0 amide bonds. The standard InChI is InChI=1S/C14H19FN2O3/c15-13-6-10(4-5-14(13)17(19)20)7-16-8-11-2-1-3-12(11)9-18/h4-6,11-12,16,18H,1-3,7-9H2. The van der Waals surface area contributed by atoms with Gasteiger partial charge in [0, 0.05) is 19.2 Å². The van der Waals surface area contributed by atoms with Crippen LogP contribution in [-0.2, 0) is 6.54 Å². The summed E-state index contributed by atoms with van der Waals surface area (Å²) in [7, 11) is 0. The number of halogens is 1. The molecule has 20 heavy (non-hydrogen) atoms. The molecule has 2 rings (SSSR count). The highest BCUT2D eigenvalue weighted by Crippen LogP contribution is 2.30. The van der Waals surface area contributed by atoms with Gasteiger partial charge in [-0.05, 0) is 42.9 Å². The monoisotopic (exact) mass is 282 g/mol. The van der Waals surface area contributed by atoms with E-state index >= 15 is 0 Å². The van der Waals surface area contributed by atoms with Gasteiger partial charge < -0.3 is 10.4 Å². The van der Waals surface area contributed by atoms with Crippen LogP contribution in [0.1, 0.15) is 24.8 Å². The maximum Gasteiger partial charge on any atom is 0.304 e. The van der Waals surface area contributed by atoms with E-state index in [1.807, 2.05) is 0 Å². The van der Waals surface area contributed by atoms with Crippen LogP contribution in [0.25, 0.3) is 0 Å². The number of aliphatic hydroxyl groups is 1. The van der Waals surface area contributed by atoms with Crippen molar-refractivity contribution in [3.05, 3.63) is 39.7 Å². The summed E-state index contributed by atoms with van der Waals surface area (Å²) < 4.78 is 13.4. The van der Waals surface area contributed by atoms with E-state index in [-0.39, 0.29) is 6.61 Å². The van der Waals surface area contributed by atoms with E-state index in [4.69, 9.17) is 0 Å². The molecule has 0 saturated heterocycles. The Bertz CT molecular complexity index is 481. The van der Waals surface area contributed by atoms with Crippen molar-refractivity contribution in [3.8, 4) is 0 Å². The summed E-state index contributed by atoms with van der Waals surface area (Å²) in [6.45, 7) is 1.48. The van der Waals surface area contributed by atoms with Gasteiger partial charge in [0.25, 0.3) is 0 Å². The van der Waals surface area contributed by atoms with Gasteiger partial charge in [0.05, 0.1) is 4.92 Å². The van der Waals surface area contributed by atoms with E-state index in [1.54, 1.807) is 6.07 Å².